The van der Waals surface area contributed by atoms with E-state index >= 15 is 0 Å². The van der Waals surface area contributed by atoms with Crippen LogP contribution in [0.3, 0.4) is 0 Å². The van der Waals surface area contributed by atoms with Crippen LogP contribution in [0.1, 0.15) is 22.8 Å². The minimum absolute atomic E-state index is 0.185. The van der Waals surface area contributed by atoms with E-state index in [4.69, 9.17) is 9.47 Å². The molecular formula is C25H24N2O4S. The molecule has 0 aliphatic heterocycles. The maximum atomic E-state index is 12.9. The van der Waals surface area contributed by atoms with Gasteiger partial charge in [0.2, 0.25) is 5.91 Å². The van der Waals surface area contributed by atoms with E-state index in [0.29, 0.717) is 10.6 Å². The van der Waals surface area contributed by atoms with Crippen LogP contribution in [0.15, 0.2) is 60.1 Å². The number of nitrogens with zero attached hydrogens (tertiary/aromatic N) is 1. The number of esters is 1. The summed E-state index contributed by atoms with van der Waals surface area (Å²) in [5.74, 6) is 0.0836. The Hall–Kier alpha value is -3.58. The molecule has 6 nitrogen and oxygen atoms in total. The van der Waals surface area contributed by atoms with Gasteiger partial charge < -0.3 is 19.4 Å². The Kier molecular flexibility index (Phi) is 6.28. The van der Waals surface area contributed by atoms with Crippen molar-refractivity contribution in [3.63, 3.8) is 0 Å². The number of ether oxygens (including phenoxy) is 2. The Balaban J connectivity index is 1.63. The number of methoxy groups -OCH3 is 1. The van der Waals surface area contributed by atoms with Gasteiger partial charge in [-0.15, -0.1) is 11.3 Å². The van der Waals surface area contributed by atoms with Crippen LogP contribution in [0.2, 0.25) is 0 Å². The number of nitrogens with one attached hydrogen (secondary N) is 1. The molecule has 0 aliphatic carbocycles. The normalized spacial score (nSPS) is 10.8. The Bertz CT molecular complexity index is 1270. The van der Waals surface area contributed by atoms with E-state index in [1.807, 2.05) is 71.7 Å². The zero-order valence-corrected chi connectivity index (χ0v) is 19.0. The summed E-state index contributed by atoms with van der Waals surface area (Å²) in [6.07, 6.45) is 2.17. The van der Waals surface area contributed by atoms with Crippen molar-refractivity contribution in [2.75, 3.05) is 19.0 Å². The zero-order chi connectivity index (χ0) is 22.7. The van der Waals surface area contributed by atoms with Gasteiger partial charge >= 0.3 is 5.97 Å². The number of carbonyl (C=O) groups is 2. The molecule has 0 saturated carbocycles. The molecule has 0 unspecified atom stereocenters. The van der Waals surface area contributed by atoms with Gasteiger partial charge in [0, 0.05) is 35.1 Å². The molecule has 0 radical (unpaired) electrons. The summed E-state index contributed by atoms with van der Waals surface area (Å²) in [6.45, 7) is 2.01. The summed E-state index contributed by atoms with van der Waals surface area (Å²) in [5, 5.41) is 6.32. The maximum absolute atomic E-state index is 12.9. The zero-order valence-electron chi connectivity index (χ0n) is 18.2. The van der Waals surface area contributed by atoms with E-state index in [1.54, 1.807) is 14.0 Å². The number of benzene rings is 2. The smallest absolute Gasteiger partial charge is 0.341 e. The van der Waals surface area contributed by atoms with Crippen LogP contribution < -0.4 is 10.1 Å². The molecule has 32 heavy (non-hydrogen) atoms. The molecule has 7 heteroatoms. The fourth-order valence-electron chi connectivity index (χ4n) is 3.75. The third-order valence-electron chi connectivity index (χ3n) is 5.26. The molecular weight excluding hydrogens is 424 g/mol. The van der Waals surface area contributed by atoms with Crippen LogP contribution in [0.4, 0.5) is 5.00 Å². The summed E-state index contributed by atoms with van der Waals surface area (Å²) < 4.78 is 12.5. The molecule has 0 bridgehead atoms. The largest absolute Gasteiger partial charge is 0.497 e. The highest BCUT2D eigenvalue weighted by Gasteiger charge is 2.23. The van der Waals surface area contributed by atoms with Crippen LogP contribution in [-0.4, -0.2) is 30.2 Å². The molecule has 0 fully saturated rings. The lowest BCUT2D eigenvalue weighted by Crippen LogP contribution is -2.16. The van der Waals surface area contributed by atoms with E-state index in [1.165, 1.54) is 11.3 Å². The number of amides is 1. The lowest BCUT2D eigenvalue weighted by molar-refractivity contribution is -0.115. The van der Waals surface area contributed by atoms with Gasteiger partial charge in [-0.05, 0) is 36.2 Å². The van der Waals surface area contributed by atoms with Crippen molar-refractivity contribution in [2.45, 2.75) is 13.3 Å². The predicted molar refractivity (Wildman–Crippen MR) is 128 cm³/mol. The van der Waals surface area contributed by atoms with E-state index in [9.17, 15) is 9.59 Å². The molecule has 0 saturated heterocycles. The Morgan fingerprint density at radius 1 is 1.09 bits per heavy atom. The number of thiophene rings is 1. The van der Waals surface area contributed by atoms with E-state index in [0.717, 1.165) is 33.3 Å². The number of carbonyl (C=O) groups excluding carboxylic acids is 2. The predicted octanol–water partition coefficient (Wildman–Crippen LogP) is 5.27. The number of aryl methyl sites for hydroxylation is 1. The SMILES string of the molecule is CCOC(=O)c1c(-c2ccc(OC)cc2)csc1NC(=O)Cc1cn(C)c2ccccc12. The standard InChI is InChI=1S/C25H24N2O4S/c1-4-31-25(29)23-20(16-9-11-18(30-3)12-10-16)15-32-24(23)26-22(28)13-17-14-27(2)21-8-6-5-7-19(17)21/h5-12,14-15H,4,13H2,1-3H3,(H,26,28). The minimum Gasteiger partial charge on any atom is -0.497 e. The first kappa shape index (κ1) is 21.6. The second-order valence-corrected chi connectivity index (χ2v) is 8.19. The van der Waals surface area contributed by atoms with Gasteiger partial charge in [0.25, 0.3) is 0 Å². The van der Waals surface area contributed by atoms with Crippen molar-refractivity contribution in [2.24, 2.45) is 7.05 Å². The van der Waals surface area contributed by atoms with Crippen LogP contribution in [-0.2, 0) is 23.0 Å². The first-order valence-corrected chi connectivity index (χ1v) is 11.2. The molecule has 164 valence electrons. The van der Waals surface area contributed by atoms with E-state index in [-0.39, 0.29) is 18.9 Å². The lowest BCUT2D eigenvalue weighted by Gasteiger charge is -2.09. The summed E-state index contributed by atoms with van der Waals surface area (Å²) in [5.41, 5.74) is 3.94. The topological polar surface area (TPSA) is 69.6 Å². The summed E-state index contributed by atoms with van der Waals surface area (Å²) in [4.78, 5) is 25.7. The molecule has 4 rings (SSSR count). The molecule has 1 amide bonds. The first-order valence-electron chi connectivity index (χ1n) is 10.3. The van der Waals surface area contributed by atoms with Crippen molar-refractivity contribution in [1.29, 1.82) is 0 Å². The average Bonchev–Trinajstić information content (AvgIpc) is 3.35. The van der Waals surface area contributed by atoms with Crippen molar-refractivity contribution >= 4 is 39.1 Å². The van der Waals surface area contributed by atoms with E-state index < -0.39 is 5.97 Å². The van der Waals surface area contributed by atoms with Crippen molar-refractivity contribution in [1.82, 2.24) is 4.57 Å². The third-order valence-corrected chi connectivity index (χ3v) is 6.15. The van der Waals surface area contributed by atoms with Gasteiger partial charge in [0.05, 0.1) is 20.1 Å². The molecule has 0 aliphatic rings. The second-order valence-electron chi connectivity index (χ2n) is 7.31. The van der Waals surface area contributed by atoms with Crippen molar-refractivity contribution in [3.05, 3.63) is 71.2 Å². The van der Waals surface area contributed by atoms with Crippen LogP contribution in [0, 0.1) is 0 Å². The molecule has 2 aromatic heterocycles. The Morgan fingerprint density at radius 2 is 1.84 bits per heavy atom. The molecule has 0 atom stereocenters. The van der Waals surface area contributed by atoms with Gasteiger partial charge in [-0.1, -0.05) is 30.3 Å². The van der Waals surface area contributed by atoms with E-state index in [2.05, 4.69) is 5.32 Å². The average molecular weight is 449 g/mol. The summed E-state index contributed by atoms with van der Waals surface area (Å²) >= 11 is 1.31. The number of anilines is 1. The number of fused-ring (bicyclic) bond motifs is 1. The lowest BCUT2D eigenvalue weighted by atomic mass is 10.0. The number of para-hydroxylation sites is 1. The number of hydrogen-bond donors (Lipinski definition) is 1. The molecule has 2 heterocycles. The highest BCUT2D eigenvalue weighted by molar-refractivity contribution is 7.15. The molecule has 1 N–H and O–H groups in total. The van der Waals surface area contributed by atoms with Crippen molar-refractivity contribution < 1.29 is 19.1 Å². The van der Waals surface area contributed by atoms with Gasteiger partial charge in [-0.2, -0.15) is 0 Å². The fourth-order valence-corrected chi connectivity index (χ4v) is 4.72. The number of hydrogen-bond acceptors (Lipinski definition) is 5. The highest BCUT2D eigenvalue weighted by atomic mass is 32.1. The number of aromatic nitrogens is 1. The molecule has 2 aromatic carbocycles. The van der Waals surface area contributed by atoms with Crippen LogP contribution in [0.25, 0.3) is 22.0 Å². The third kappa shape index (κ3) is 4.24. The van der Waals surface area contributed by atoms with Gasteiger partial charge in [-0.3, -0.25) is 4.79 Å². The molecule has 0 spiro atoms. The van der Waals surface area contributed by atoms with Crippen LogP contribution in [0.5, 0.6) is 5.75 Å². The quantitative estimate of drug-likeness (QED) is 0.391. The van der Waals surface area contributed by atoms with Gasteiger partial charge in [-0.25, -0.2) is 4.79 Å². The highest BCUT2D eigenvalue weighted by Crippen LogP contribution is 2.37. The molecule has 4 aromatic rings. The minimum atomic E-state index is -0.458. The van der Waals surface area contributed by atoms with Crippen LogP contribution >= 0.6 is 11.3 Å². The first-order chi connectivity index (χ1) is 15.5. The fraction of sp³-hybridized carbons (Fsp3) is 0.200. The monoisotopic (exact) mass is 448 g/mol. The maximum Gasteiger partial charge on any atom is 0.341 e. The van der Waals surface area contributed by atoms with Gasteiger partial charge in [0.1, 0.15) is 16.3 Å². The van der Waals surface area contributed by atoms with Crippen molar-refractivity contribution in [3.8, 4) is 16.9 Å². The Labute approximate surface area is 190 Å². The number of rotatable bonds is 7. The Morgan fingerprint density at radius 3 is 2.56 bits per heavy atom. The summed E-state index contributed by atoms with van der Waals surface area (Å²) in [7, 11) is 3.57. The second kappa shape index (κ2) is 9.28. The van der Waals surface area contributed by atoms with Gasteiger partial charge in [0.15, 0.2) is 0 Å². The summed E-state index contributed by atoms with van der Waals surface area (Å²) in [6, 6.07) is 15.4.